The molecule has 82 valence electrons. The van der Waals surface area contributed by atoms with Crippen molar-refractivity contribution in [1.82, 2.24) is 0 Å². The van der Waals surface area contributed by atoms with Crippen molar-refractivity contribution in [3.8, 4) is 0 Å². The first-order valence-electron chi connectivity index (χ1n) is 4.37. The highest BCUT2D eigenvalue weighted by Gasteiger charge is 1.96. The Morgan fingerprint density at radius 1 is 1.33 bits per heavy atom. The second-order valence-corrected chi connectivity index (χ2v) is 2.50. The van der Waals surface area contributed by atoms with Gasteiger partial charge in [0.2, 0.25) is 0 Å². The fraction of sp³-hybridized carbons (Fsp3) is 0.182. The van der Waals surface area contributed by atoms with Gasteiger partial charge >= 0.3 is 5.97 Å². The zero-order valence-electron chi connectivity index (χ0n) is 8.51. The van der Waals surface area contributed by atoms with Crippen LogP contribution in [0.4, 0.5) is 0 Å². The third-order valence-corrected chi connectivity index (χ3v) is 1.33. The highest BCUT2D eigenvalue weighted by Crippen LogP contribution is 1.96. The Hall–Kier alpha value is -1.97. The van der Waals surface area contributed by atoms with Gasteiger partial charge in [-0.3, -0.25) is 0 Å². The largest absolute Gasteiger partial charge is 0.481 e. The minimum absolute atomic E-state index is 0.211. The van der Waals surface area contributed by atoms with Crippen molar-refractivity contribution < 1.29 is 19.7 Å². The van der Waals surface area contributed by atoms with Gasteiger partial charge in [0, 0.05) is 0 Å². The summed E-state index contributed by atoms with van der Waals surface area (Å²) in [6, 6.07) is 8.30. The van der Waals surface area contributed by atoms with E-state index in [1.807, 2.05) is 0 Å². The van der Waals surface area contributed by atoms with Crippen molar-refractivity contribution in [1.29, 1.82) is 0 Å². The minimum atomic E-state index is -0.879. The molecule has 0 radical (unpaired) electrons. The Morgan fingerprint density at radius 2 is 1.87 bits per heavy atom. The molecule has 0 aliphatic rings. The van der Waals surface area contributed by atoms with Crippen LogP contribution in [0.25, 0.3) is 0 Å². The smallest absolute Gasteiger partial charge is 0.335 e. The number of rotatable bonds is 3. The predicted octanol–water partition coefficient (Wildman–Crippen LogP) is 2.44. The molecule has 0 atom stereocenters. The van der Waals surface area contributed by atoms with Gasteiger partial charge in [0.1, 0.15) is 0 Å². The molecule has 15 heavy (non-hydrogen) atoms. The molecule has 0 aromatic heterocycles. The average molecular weight is 210 g/mol. The lowest BCUT2D eigenvalue weighted by molar-refractivity contribution is 0.0696. The average Bonchev–Trinajstić information content (AvgIpc) is 2.20. The van der Waals surface area contributed by atoms with Crippen molar-refractivity contribution in [2.75, 3.05) is 6.61 Å². The van der Waals surface area contributed by atoms with Crippen LogP contribution in [0.3, 0.4) is 0 Å². The van der Waals surface area contributed by atoms with Gasteiger partial charge in [-0.15, -0.1) is 0 Å². The van der Waals surface area contributed by atoms with Crippen LogP contribution in [0.2, 0.25) is 0 Å². The Balaban J connectivity index is 0.000000288. The summed E-state index contributed by atoms with van der Waals surface area (Å²) in [5.41, 5.74) is 0.331. The van der Waals surface area contributed by atoms with Gasteiger partial charge in [-0.1, -0.05) is 18.2 Å². The molecule has 2 N–H and O–H groups in total. The number of benzene rings is 1. The summed E-state index contributed by atoms with van der Waals surface area (Å²) < 4.78 is 4.40. The molecule has 0 heterocycles. The second-order valence-electron chi connectivity index (χ2n) is 2.50. The summed E-state index contributed by atoms with van der Waals surface area (Å²) in [5, 5.41) is 16.5. The highest BCUT2D eigenvalue weighted by molar-refractivity contribution is 5.87. The van der Waals surface area contributed by atoms with Gasteiger partial charge in [-0.25, -0.2) is 4.79 Å². The first-order valence-corrected chi connectivity index (χ1v) is 4.37. The zero-order chi connectivity index (χ0) is 11.7. The molecule has 1 aromatic carbocycles. The number of carbonyl (C=O) groups is 1. The molecule has 0 fully saturated rings. The van der Waals surface area contributed by atoms with E-state index in [-0.39, 0.29) is 5.95 Å². The second kappa shape index (κ2) is 7.44. The van der Waals surface area contributed by atoms with E-state index in [1.54, 1.807) is 37.3 Å². The Kier molecular flexibility index (Phi) is 6.46. The molecule has 0 saturated carbocycles. The summed E-state index contributed by atoms with van der Waals surface area (Å²) in [7, 11) is 0. The fourth-order valence-corrected chi connectivity index (χ4v) is 0.747. The molecule has 1 aromatic rings. The number of hydrogen-bond acceptors (Lipinski definition) is 3. The maximum absolute atomic E-state index is 10.2. The van der Waals surface area contributed by atoms with Crippen LogP contribution >= 0.6 is 0 Å². The molecule has 4 heteroatoms. The number of hydrogen-bond donors (Lipinski definition) is 2. The summed E-state index contributed by atoms with van der Waals surface area (Å²) in [4.78, 5) is 10.2. The molecular weight excluding hydrogens is 196 g/mol. The first kappa shape index (κ1) is 13.0. The normalized spacial score (nSPS) is 8.33. The van der Waals surface area contributed by atoms with Crippen molar-refractivity contribution in [2.24, 2.45) is 0 Å². The minimum Gasteiger partial charge on any atom is -0.481 e. The monoisotopic (exact) mass is 210 g/mol. The van der Waals surface area contributed by atoms with Crippen LogP contribution < -0.4 is 0 Å². The fourth-order valence-electron chi connectivity index (χ4n) is 0.747. The molecule has 0 bridgehead atoms. The van der Waals surface area contributed by atoms with Crippen LogP contribution in [0.15, 0.2) is 42.9 Å². The van der Waals surface area contributed by atoms with E-state index in [1.165, 1.54) is 0 Å². The maximum atomic E-state index is 10.2. The lowest BCUT2D eigenvalue weighted by Gasteiger charge is -1.93. The molecular formula is C11H14O4. The van der Waals surface area contributed by atoms with E-state index in [0.717, 1.165) is 0 Å². The van der Waals surface area contributed by atoms with Gasteiger partial charge in [0.15, 0.2) is 0 Å². The lowest BCUT2D eigenvalue weighted by Crippen LogP contribution is -1.93. The third kappa shape index (κ3) is 7.13. The zero-order valence-corrected chi connectivity index (χ0v) is 8.51. The van der Waals surface area contributed by atoms with E-state index in [4.69, 9.17) is 10.2 Å². The number of ether oxygens (including phenoxy) is 1. The maximum Gasteiger partial charge on any atom is 0.335 e. The molecule has 0 spiro atoms. The van der Waals surface area contributed by atoms with Crippen molar-refractivity contribution in [3.05, 3.63) is 48.4 Å². The number of aliphatic hydroxyl groups excluding tert-OH is 1. The van der Waals surface area contributed by atoms with Gasteiger partial charge < -0.3 is 14.9 Å². The van der Waals surface area contributed by atoms with Crippen LogP contribution in [-0.2, 0) is 4.74 Å². The van der Waals surface area contributed by atoms with E-state index in [9.17, 15) is 4.79 Å². The quantitative estimate of drug-likeness (QED) is 0.752. The van der Waals surface area contributed by atoms with Gasteiger partial charge in [-0.2, -0.15) is 0 Å². The molecule has 0 aliphatic carbocycles. The molecule has 4 nitrogen and oxygen atoms in total. The van der Waals surface area contributed by atoms with Crippen LogP contribution in [0, 0.1) is 0 Å². The predicted molar refractivity (Wildman–Crippen MR) is 56.8 cm³/mol. The molecule has 0 saturated heterocycles. The van der Waals surface area contributed by atoms with Crippen molar-refractivity contribution in [3.63, 3.8) is 0 Å². The van der Waals surface area contributed by atoms with Crippen LogP contribution in [0.5, 0.6) is 0 Å². The topological polar surface area (TPSA) is 66.8 Å². The number of aliphatic hydroxyl groups is 1. The Labute approximate surface area is 88.4 Å². The Bertz CT molecular complexity index is 306. The van der Waals surface area contributed by atoms with Gasteiger partial charge in [-0.05, 0) is 25.6 Å². The van der Waals surface area contributed by atoms with Gasteiger partial charge in [0.25, 0.3) is 5.95 Å². The Morgan fingerprint density at radius 3 is 2.07 bits per heavy atom. The lowest BCUT2D eigenvalue weighted by atomic mass is 10.2. The standard InChI is InChI=1S/C7H6O2.C4H8O2/c8-7(9)6-4-2-1-3-5-6;1-3-6-4(2)5/h1-5H,(H,8,9);5H,2-3H2,1H3. The number of carboxylic acid groups (broad SMARTS) is 1. The molecule has 0 amide bonds. The summed E-state index contributed by atoms with van der Waals surface area (Å²) >= 11 is 0. The summed E-state index contributed by atoms with van der Waals surface area (Å²) in [5.74, 6) is -1.09. The van der Waals surface area contributed by atoms with E-state index in [2.05, 4.69) is 11.3 Å². The van der Waals surface area contributed by atoms with E-state index < -0.39 is 5.97 Å². The number of carboxylic acids is 1. The SMILES string of the molecule is C=C(O)OCC.O=C(O)c1ccccc1. The molecule has 1 rings (SSSR count). The van der Waals surface area contributed by atoms with Crippen LogP contribution in [-0.4, -0.2) is 22.8 Å². The highest BCUT2D eigenvalue weighted by atomic mass is 16.6. The molecule has 0 aliphatic heterocycles. The van der Waals surface area contributed by atoms with Gasteiger partial charge in [0.05, 0.1) is 12.2 Å². The number of aromatic carboxylic acids is 1. The van der Waals surface area contributed by atoms with Crippen LogP contribution in [0.1, 0.15) is 17.3 Å². The van der Waals surface area contributed by atoms with E-state index in [0.29, 0.717) is 12.2 Å². The summed E-state index contributed by atoms with van der Waals surface area (Å²) in [6.07, 6.45) is 0. The van der Waals surface area contributed by atoms with Crippen molar-refractivity contribution >= 4 is 5.97 Å². The van der Waals surface area contributed by atoms with Crippen molar-refractivity contribution in [2.45, 2.75) is 6.92 Å². The third-order valence-electron chi connectivity index (χ3n) is 1.33. The summed E-state index contributed by atoms with van der Waals surface area (Å²) in [6.45, 7) is 5.34. The van der Waals surface area contributed by atoms with E-state index >= 15 is 0 Å². The molecule has 0 unspecified atom stereocenters. The first-order chi connectivity index (χ1) is 7.07.